The van der Waals surface area contributed by atoms with Gasteiger partial charge in [-0.3, -0.25) is 0 Å². The first-order valence-electron chi connectivity index (χ1n) is 21.3. The van der Waals surface area contributed by atoms with Crippen LogP contribution in [0.5, 0.6) is 0 Å². The van der Waals surface area contributed by atoms with Crippen LogP contribution in [0, 0.1) is 0 Å². The number of hydrogen-bond acceptors (Lipinski definition) is 5. The smallest absolute Gasteiger partial charge is 0.164 e. The maximum absolute atomic E-state index is 9.79. The van der Waals surface area contributed by atoms with Gasteiger partial charge in [-0.05, 0) is 67.7 Å². The number of nitrogens with zero attached hydrogens (tertiary/aromatic N) is 3. The molecule has 56 heavy (non-hydrogen) atoms. The lowest BCUT2D eigenvalue weighted by atomic mass is 9.92. The van der Waals surface area contributed by atoms with Crippen molar-refractivity contribution in [2.45, 2.75) is 0 Å². The van der Waals surface area contributed by atoms with E-state index in [0.29, 0.717) is 37.6 Å². The minimum Gasteiger partial charge on any atom is -0.208 e. The zero-order valence-electron chi connectivity index (χ0n) is 35.4. The van der Waals surface area contributed by atoms with Crippen molar-refractivity contribution in [3.8, 4) is 45.3 Å². The summed E-state index contributed by atoms with van der Waals surface area (Å²) in [5.41, 5.74) is 2.75. The Balaban J connectivity index is 1.13. The zero-order valence-corrected chi connectivity index (χ0v) is 31.1. The number of aromatic nitrogens is 3. The first-order valence-corrected chi connectivity index (χ1v) is 19.9. The summed E-state index contributed by atoms with van der Waals surface area (Å²) in [6.45, 7) is 0. The molecule has 0 saturated carbocycles. The fourth-order valence-electron chi connectivity index (χ4n) is 8.08. The standard InChI is InChI=1S/C51H29N3S2/c1-2-12-30(13-3-1)49-52-50(54-51(53-49)42-21-11-23-45-47(42)41-18-8-9-22-44(41)55-45)32-25-27-39-40-20-10-19-33(48(40)56-46(39)29-32)31-24-26-38-36-16-5-4-14-34(36)35-15-6-7-17-37(35)43(38)28-31/h1-29H/i10D,19D,20D,25D,27D,29D. The van der Waals surface area contributed by atoms with Crippen LogP contribution in [-0.2, 0) is 0 Å². The lowest BCUT2D eigenvalue weighted by Crippen LogP contribution is -2.00. The quantitative estimate of drug-likeness (QED) is 0.168. The second-order valence-electron chi connectivity index (χ2n) is 13.8. The molecule has 3 heterocycles. The molecule has 0 aliphatic heterocycles. The molecule has 0 amide bonds. The maximum Gasteiger partial charge on any atom is 0.164 e. The molecule has 3 nitrogen and oxygen atoms in total. The molecule has 0 radical (unpaired) electrons. The van der Waals surface area contributed by atoms with Gasteiger partial charge in [-0.25, -0.2) is 15.0 Å². The van der Waals surface area contributed by atoms with Gasteiger partial charge in [-0.2, -0.15) is 0 Å². The molecule has 0 unspecified atom stereocenters. The van der Waals surface area contributed by atoms with Crippen molar-refractivity contribution in [3.63, 3.8) is 0 Å². The molecule has 0 bridgehead atoms. The molecule has 0 atom stereocenters. The van der Waals surface area contributed by atoms with Gasteiger partial charge in [0.25, 0.3) is 0 Å². The third-order valence-corrected chi connectivity index (χ3v) is 12.9. The van der Waals surface area contributed by atoms with Crippen molar-refractivity contribution < 1.29 is 8.22 Å². The van der Waals surface area contributed by atoms with Crippen LogP contribution in [0.3, 0.4) is 0 Å². The molecule has 0 aliphatic carbocycles. The maximum atomic E-state index is 9.79. The Morgan fingerprint density at radius 2 is 1.02 bits per heavy atom. The monoisotopic (exact) mass is 753 g/mol. The summed E-state index contributed by atoms with van der Waals surface area (Å²) < 4.78 is 59.5. The van der Waals surface area contributed by atoms with E-state index in [9.17, 15) is 6.85 Å². The Morgan fingerprint density at radius 1 is 0.375 bits per heavy atom. The lowest BCUT2D eigenvalue weighted by Gasteiger charge is -2.12. The minimum atomic E-state index is -0.276. The molecule has 3 aromatic heterocycles. The summed E-state index contributed by atoms with van der Waals surface area (Å²) >= 11 is 2.90. The average molecular weight is 754 g/mol. The summed E-state index contributed by atoms with van der Waals surface area (Å²) in [4.78, 5) is 14.9. The van der Waals surface area contributed by atoms with E-state index in [2.05, 4.69) is 54.6 Å². The van der Waals surface area contributed by atoms with Crippen LogP contribution in [-0.4, -0.2) is 15.0 Å². The first-order chi connectivity index (χ1) is 30.3. The highest BCUT2D eigenvalue weighted by Crippen LogP contribution is 2.44. The Kier molecular flexibility index (Phi) is 5.76. The van der Waals surface area contributed by atoms with E-state index in [0.717, 1.165) is 63.6 Å². The Hall–Kier alpha value is -6.79. The van der Waals surface area contributed by atoms with Crippen LogP contribution in [0.2, 0.25) is 0 Å². The third kappa shape index (κ3) is 4.85. The summed E-state index contributed by atoms with van der Waals surface area (Å²) in [6, 6.07) is 45.4. The Bertz CT molecular complexity index is 3870. The van der Waals surface area contributed by atoms with Crippen molar-refractivity contribution in [1.82, 2.24) is 15.0 Å². The van der Waals surface area contributed by atoms with Crippen LogP contribution >= 0.6 is 22.7 Å². The van der Waals surface area contributed by atoms with Crippen LogP contribution in [0.4, 0.5) is 0 Å². The molecule has 0 N–H and O–H groups in total. The van der Waals surface area contributed by atoms with E-state index in [1.54, 1.807) is 11.3 Å². The molecule has 5 heteroatoms. The predicted molar refractivity (Wildman–Crippen MR) is 240 cm³/mol. The number of thiophene rings is 2. The van der Waals surface area contributed by atoms with E-state index < -0.39 is 0 Å². The molecule has 12 aromatic rings. The molecule has 0 aliphatic rings. The molecule has 0 fully saturated rings. The highest BCUT2D eigenvalue weighted by Gasteiger charge is 2.19. The van der Waals surface area contributed by atoms with Gasteiger partial charge in [0.15, 0.2) is 17.5 Å². The molecule has 0 saturated heterocycles. The molecule has 260 valence electrons. The second kappa shape index (κ2) is 12.4. The van der Waals surface area contributed by atoms with Crippen molar-refractivity contribution in [2.75, 3.05) is 0 Å². The molecular formula is C51H29N3S2. The van der Waals surface area contributed by atoms with Gasteiger partial charge in [0.2, 0.25) is 0 Å². The summed E-state index contributed by atoms with van der Waals surface area (Å²) in [6.07, 6.45) is 0. The van der Waals surface area contributed by atoms with Crippen molar-refractivity contribution in [2.24, 2.45) is 0 Å². The van der Waals surface area contributed by atoms with Gasteiger partial charge < -0.3 is 0 Å². The summed E-state index contributed by atoms with van der Waals surface area (Å²) in [5, 5.41) is 9.10. The number of hydrogen-bond donors (Lipinski definition) is 0. The molecule has 0 spiro atoms. The van der Waals surface area contributed by atoms with Gasteiger partial charge >= 0.3 is 0 Å². The Labute approximate surface area is 338 Å². The summed E-state index contributed by atoms with van der Waals surface area (Å²) in [5.74, 6) is 0.847. The van der Waals surface area contributed by atoms with Crippen molar-refractivity contribution >= 4 is 95.3 Å². The van der Waals surface area contributed by atoms with Crippen LogP contribution in [0.25, 0.3) is 118 Å². The van der Waals surface area contributed by atoms with E-state index in [4.69, 9.17) is 16.3 Å². The first kappa shape index (κ1) is 26.1. The zero-order chi connectivity index (χ0) is 42.0. The largest absolute Gasteiger partial charge is 0.208 e. The average Bonchev–Trinajstić information content (AvgIpc) is 3.90. The van der Waals surface area contributed by atoms with Gasteiger partial charge in [0, 0.05) is 57.0 Å². The van der Waals surface area contributed by atoms with Crippen LogP contribution in [0.15, 0.2) is 176 Å². The molecular weight excluding hydrogens is 719 g/mol. The number of fused-ring (bicyclic) bond motifs is 12. The highest BCUT2D eigenvalue weighted by molar-refractivity contribution is 7.26. The molecule has 9 aromatic carbocycles. The topological polar surface area (TPSA) is 38.7 Å². The van der Waals surface area contributed by atoms with Crippen molar-refractivity contribution in [1.29, 1.82) is 0 Å². The normalized spacial score (nSPS) is 13.4. The fourth-order valence-corrected chi connectivity index (χ4v) is 10.4. The number of rotatable bonds is 4. The Morgan fingerprint density at radius 3 is 1.80 bits per heavy atom. The van der Waals surface area contributed by atoms with Gasteiger partial charge in [-0.1, -0.05) is 152 Å². The number of benzene rings is 9. The van der Waals surface area contributed by atoms with Gasteiger partial charge in [0.1, 0.15) is 0 Å². The van der Waals surface area contributed by atoms with Crippen LogP contribution in [0.1, 0.15) is 8.22 Å². The summed E-state index contributed by atoms with van der Waals surface area (Å²) in [7, 11) is 0. The van der Waals surface area contributed by atoms with Crippen molar-refractivity contribution in [3.05, 3.63) is 176 Å². The van der Waals surface area contributed by atoms with E-state index in [1.807, 2.05) is 84.9 Å². The molecule has 12 rings (SSSR count). The SMILES string of the molecule is [2H]c1c([2H])c([2H])c2c(sc3c([2H])c(-c4nc(-c5ccccc5)nc(-c5cccc6sc7ccccc7c56)n4)c([2H])c([2H])c32)c1-c1ccc2c3ccccc3c3ccccc3c2c1. The van der Waals surface area contributed by atoms with Gasteiger partial charge in [-0.15, -0.1) is 22.7 Å². The highest BCUT2D eigenvalue weighted by atomic mass is 32.1. The van der Waals surface area contributed by atoms with Gasteiger partial charge in [0.05, 0.1) is 8.22 Å². The predicted octanol–water partition coefficient (Wildman–Crippen LogP) is 14.7. The van der Waals surface area contributed by atoms with E-state index >= 15 is 0 Å². The third-order valence-electron chi connectivity index (χ3n) is 10.6. The van der Waals surface area contributed by atoms with Crippen LogP contribution < -0.4 is 0 Å². The minimum absolute atomic E-state index is 0.0584. The van der Waals surface area contributed by atoms with E-state index in [-0.39, 0.29) is 53.0 Å². The lowest BCUT2D eigenvalue weighted by molar-refractivity contribution is 1.08. The fraction of sp³-hybridized carbons (Fsp3) is 0. The van der Waals surface area contributed by atoms with E-state index in [1.165, 1.54) is 11.3 Å². The second-order valence-corrected chi connectivity index (χ2v) is 15.9.